The molecule has 0 N–H and O–H groups in total. The molecular weight excluding hydrogens is 214 g/mol. The van der Waals surface area contributed by atoms with E-state index in [0.717, 1.165) is 31.7 Å². The van der Waals surface area contributed by atoms with Gasteiger partial charge >= 0.3 is 0 Å². The summed E-state index contributed by atoms with van der Waals surface area (Å²) in [5.41, 5.74) is 1.19. The zero-order chi connectivity index (χ0) is 12.1. The van der Waals surface area contributed by atoms with Crippen LogP contribution in [-0.4, -0.2) is 30.5 Å². The van der Waals surface area contributed by atoms with Gasteiger partial charge in [-0.05, 0) is 37.5 Å². The van der Waals surface area contributed by atoms with E-state index in [-0.39, 0.29) is 5.91 Å². The number of rotatable bonds is 5. The molecular formula is C14H19NO2. The van der Waals surface area contributed by atoms with E-state index in [1.165, 1.54) is 5.56 Å². The van der Waals surface area contributed by atoms with E-state index in [4.69, 9.17) is 4.74 Å². The van der Waals surface area contributed by atoms with E-state index in [2.05, 4.69) is 0 Å². The van der Waals surface area contributed by atoms with E-state index in [1.807, 2.05) is 36.1 Å². The monoisotopic (exact) mass is 233 g/mol. The Kier molecular flexibility index (Phi) is 4.02. The van der Waals surface area contributed by atoms with Gasteiger partial charge in [0.05, 0.1) is 6.61 Å². The van der Waals surface area contributed by atoms with Crippen molar-refractivity contribution < 1.29 is 9.53 Å². The summed E-state index contributed by atoms with van der Waals surface area (Å²) in [7, 11) is 0. The summed E-state index contributed by atoms with van der Waals surface area (Å²) in [4.78, 5) is 13.5. The van der Waals surface area contributed by atoms with Gasteiger partial charge in [0.2, 0.25) is 5.91 Å². The fourth-order valence-corrected chi connectivity index (χ4v) is 1.84. The van der Waals surface area contributed by atoms with Gasteiger partial charge in [0.15, 0.2) is 0 Å². The van der Waals surface area contributed by atoms with Crippen LogP contribution in [0, 0.1) is 6.92 Å². The van der Waals surface area contributed by atoms with Gasteiger partial charge in [-0.15, -0.1) is 0 Å². The molecule has 1 aromatic rings. The van der Waals surface area contributed by atoms with Crippen molar-refractivity contribution in [2.75, 3.05) is 19.7 Å². The first-order valence-electron chi connectivity index (χ1n) is 6.23. The van der Waals surface area contributed by atoms with E-state index in [1.54, 1.807) is 0 Å². The Morgan fingerprint density at radius 1 is 1.41 bits per heavy atom. The summed E-state index contributed by atoms with van der Waals surface area (Å²) in [6, 6.07) is 7.98. The van der Waals surface area contributed by atoms with Crippen molar-refractivity contribution in [2.45, 2.75) is 26.2 Å². The number of aryl methyl sites for hydroxylation is 1. The van der Waals surface area contributed by atoms with Gasteiger partial charge in [-0.3, -0.25) is 4.79 Å². The third-order valence-electron chi connectivity index (χ3n) is 3.00. The van der Waals surface area contributed by atoms with Gasteiger partial charge in [0, 0.05) is 19.5 Å². The highest BCUT2D eigenvalue weighted by atomic mass is 16.5. The molecule has 0 unspecified atom stereocenters. The van der Waals surface area contributed by atoms with E-state index < -0.39 is 0 Å². The lowest BCUT2D eigenvalue weighted by Crippen LogP contribution is -2.42. The molecule has 0 spiro atoms. The maximum atomic E-state index is 11.6. The standard InChI is InChI=1S/C14H19NO2/c1-12-5-2-6-13(11-12)17-10-3-7-14(16)15-8-4-9-15/h2,5-6,11H,3-4,7-10H2,1H3. The summed E-state index contributed by atoms with van der Waals surface area (Å²) in [5, 5.41) is 0. The topological polar surface area (TPSA) is 29.5 Å². The Labute approximate surface area is 102 Å². The highest BCUT2D eigenvalue weighted by molar-refractivity contribution is 5.76. The first kappa shape index (κ1) is 12.0. The third kappa shape index (κ3) is 3.48. The largest absolute Gasteiger partial charge is 0.494 e. The fourth-order valence-electron chi connectivity index (χ4n) is 1.84. The molecule has 1 heterocycles. The molecule has 0 aromatic heterocycles. The van der Waals surface area contributed by atoms with Crippen LogP contribution in [0.25, 0.3) is 0 Å². The van der Waals surface area contributed by atoms with Crippen LogP contribution in [0.4, 0.5) is 0 Å². The number of ether oxygens (including phenoxy) is 1. The molecule has 1 fully saturated rings. The van der Waals surface area contributed by atoms with Gasteiger partial charge in [-0.1, -0.05) is 12.1 Å². The molecule has 0 saturated carbocycles. The quantitative estimate of drug-likeness (QED) is 0.731. The molecule has 0 aliphatic carbocycles. The first-order valence-corrected chi connectivity index (χ1v) is 6.23. The highest BCUT2D eigenvalue weighted by Gasteiger charge is 2.19. The lowest BCUT2D eigenvalue weighted by molar-refractivity contribution is -0.134. The number of amides is 1. The molecule has 1 aliphatic rings. The zero-order valence-electron chi connectivity index (χ0n) is 10.3. The predicted molar refractivity (Wildman–Crippen MR) is 67.1 cm³/mol. The lowest BCUT2D eigenvalue weighted by atomic mass is 10.2. The van der Waals surface area contributed by atoms with Crippen LogP contribution in [-0.2, 0) is 4.79 Å². The third-order valence-corrected chi connectivity index (χ3v) is 3.00. The maximum Gasteiger partial charge on any atom is 0.222 e. The molecule has 0 atom stereocenters. The molecule has 1 amide bonds. The van der Waals surface area contributed by atoms with Gasteiger partial charge in [0.25, 0.3) is 0 Å². The van der Waals surface area contributed by atoms with E-state index >= 15 is 0 Å². The van der Waals surface area contributed by atoms with Gasteiger partial charge in [-0.25, -0.2) is 0 Å². The summed E-state index contributed by atoms with van der Waals surface area (Å²) in [6.45, 7) is 4.54. The molecule has 92 valence electrons. The Bertz CT molecular complexity index is 386. The Morgan fingerprint density at radius 2 is 2.24 bits per heavy atom. The number of hydrogen-bond donors (Lipinski definition) is 0. The zero-order valence-corrected chi connectivity index (χ0v) is 10.3. The van der Waals surface area contributed by atoms with Crippen molar-refractivity contribution in [3.8, 4) is 5.75 Å². The maximum absolute atomic E-state index is 11.6. The minimum Gasteiger partial charge on any atom is -0.494 e. The van der Waals surface area contributed by atoms with Gasteiger partial charge in [-0.2, -0.15) is 0 Å². The van der Waals surface area contributed by atoms with Crippen molar-refractivity contribution in [3.63, 3.8) is 0 Å². The van der Waals surface area contributed by atoms with Crippen molar-refractivity contribution in [1.29, 1.82) is 0 Å². The number of nitrogens with zero attached hydrogens (tertiary/aromatic N) is 1. The highest BCUT2D eigenvalue weighted by Crippen LogP contribution is 2.13. The fraction of sp³-hybridized carbons (Fsp3) is 0.500. The minimum absolute atomic E-state index is 0.268. The van der Waals surface area contributed by atoms with Crippen molar-refractivity contribution in [2.24, 2.45) is 0 Å². The van der Waals surface area contributed by atoms with Crippen LogP contribution >= 0.6 is 0 Å². The van der Waals surface area contributed by atoms with Crippen molar-refractivity contribution in [3.05, 3.63) is 29.8 Å². The molecule has 1 saturated heterocycles. The molecule has 3 heteroatoms. The number of carbonyl (C=O) groups excluding carboxylic acids is 1. The second-order valence-corrected chi connectivity index (χ2v) is 4.50. The van der Waals surface area contributed by atoms with E-state index in [0.29, 0.717) is 13.0 Å². The summed E-state index contributed by atoms with van der Waals surface area (Å²) >= 11 is 0. The molecule has 0 bridgehead atoms. The van der Waals surface area contributed by atoms with Crippen LogP contribution in [0.3, 0.4) is 0 Å². The van der Waals surface area contributed by atoms with Crippen LogP contribution < -0.4 is 4.74 Å². The summed E-state index contributed by atoms with van der Waals surface area (Å²) < 4.78 is 5.60. The molecule has 1 aromatic carbocycles. The molecule has 17 heavy (non-hydrogen) atoms. The van der Waals surface area contributed by atoms with Crippen LogP contribution in [0.2, 0.25) is 0 Å². The van der Waals surface area contributed by atoms with Crippen molar-refractivity contribution in [1.82, 2.24) is 4.90 Å². The average Bonchev–Trinajstić information content (AvgIpc) is 2.22. The summed E-state index contributed by atoms with van der Waals surface area (Å²) in [5.74, 6) is 1.16. The molecule has 0 radical (unpaired) electrons. The summed E-state index contributed by atoms with van der Waals surface area (Å²) in [6.07, 6.45) is 2.56. The smallest absolute Gasteiger partial charge is 0.222 e. The molecule has 3 nitrogen and oxygen atoms in total. The number of likely N-dealkylation sites (tertiary alicyclic amines) is 1. The number of carbonyl (C=O) groups is 1. The Balaban J connectivity index is 1.64. The lowest BCUT2D eigenvalue weighted by Gasteiger charge is -2.30. The van der Waals surface area contributed by atoms with Crippen LogP contribution in [0.5, 0.6) is 5.75 Å². The number of benzene rings is 1. The second-order valence-electron chi connectivity index (χ2n) is 4.50. The molecule has 1 aliphatic heterocycles. The molecule has 2 rings (SSSR count). The Morgan fingerprint density at radius 3 is 2.88 bits per heavy atom. The second kappa shape index (κ2) is 5.71. The van der Waals surface area contributed by atoms with E-state index in [9.17, 15) is 4.79 Å². The average molecular weight is 233 g/mol. The minimum atomic E-state index is 0.268. The van der Waals surface area contributed by atoms with Crippen molar-refractivity contribution >= 4 is 5.91 Å². The predicted octanol–water partition coefficient (Wildman–Crippen LogP) is 2.39. The number of hydrogen-bond acceptors (Lipinski definition) is 2. The van der Waals surface area contributed by atoms with Gasteiger partial charge < -0.3 is 9.64 Å². The normalized spacial score (nSPS) is 14.3. The SMILES string of the molecule is Cc1cccc(OCCCC(=O)N2CCC2)c1. The van der Waals surface area contributed by atoms with Crippen LogP contribution in [0.1, 0.15) is 24.8 Å². The van der Waals surface area contributed by atoms with Crippen LogP contribution in [0.15, 0.2) is 24.3 Å². The first-order chi connectivity index (χ1) is 8.25. The van der Waals surface area contributed by atoms with Gasteiger partial charge in [0.1, 0.15) is 5.75 Å². The Hall–Kier alpha value is -1.51.